The molecule has 1 atom stereocenters. The van der Waals surface area contributed by atoms with E-state index >= 15 is 0 Å². The third-order valence-electron chi connectivity index (χ3n) is 3.71. The Labute approximate surface area is 159 Å². The van der Waals surface area contributed by atoms with E-state index in [-0.39, 0.29) is 11.4 Å². The topological polar surface area (TPSA) is 53.7 Å². The van der Waals surface area contributed by atoms with Gasteiger partial charge in [-0.2, -0.15) is 13.2 Å². The number of aliphatic hydroxyl groups is 1. The van der Waals surface area contributed by atoms with Crippen LogP contribution in [0, 0.1) is 13.5 Å². The number of thioether (sulfide) groups is 1. The third kappa shape index (κ3) is 5.49. The monoisotopic (exact) mass is 394 g/mol. The molecule has 2 aromatic rings. The highest BCUT2D eigenvalue weighted by molar-refractivity contribution is 7.99. The van der Waals surface area contributed by atoms with Gasteiger partial charge < -0.3 is 10.4 Å². The van der Waals surface area contributed by atoms with Crippen molar-refractivity contribution in [2.45, 2.75) is 30.5 Å². The summed E-state index contributed by atoms with van der Waals surface area (Å²) in [5, 5.41) is 12.7. The van der Waals surface area contributed by atoms with Gasteiger partial charge in [0, 0.05) is 16.3 Å². The molecule has 4 nitrogen and oxygen atoms in total. The summed E-state index contributed by atoms with van der Waals surface area (Å²) in [6.07, 6.45) is -4.72. The van der Waals surface area contributed by atoms with Crippen molar-refractivity contribution in [1.29, 1.82) is 0 Å². The predicted molar refractivity (Wildman–Crippen MR) is 98.9 cm³/mol. The molecule has 142 valence electrons. The number of anilines is 1. The number of benzene rings is 2. The second kappa shape index (κ2) is 8.03. The fourth-order valence-electron chi connectivity index (χ4n) is 2.13. The van der Waals surface area contributed by atoms with Gasteiger partial charge in [0.25, 0.3) is 5.91 Å². The molecule has 0 fully saturated rings. The molecule has 0 aliphatic carbocycles. The highest BCUT2D eigenvalue weighted by atomic mass is 32.2. The van der Waals surface area contributed by atoms with Crippen LogP contribution in [0.4, 0.5) is 24.5 Å². The molecular weight excluding hydrogens is 377 g/mol. The minimum atomic E-state index is -4.72. The van der Waals surface area contributed by atoms with Crippen LogP contribution >= 0.6 is 11.8 Å². The normalized spacial score (nSPS) is 13.5. The minimum absolute atomic E-state index is 0.0220. The number of rotatable bonds is 5. The molecule has 0 saturated heterocycles. The summed E-state index contributed by atoms with van der Waals surface area (Å²) in [6, 6.07) is 10.4. The molecule has 1 amide bonds. The van der Waals surface area contributed by atoms with Gasteiger partial charge in [0.15, 0.2) is 5.69 Å². The maximum atomic E-state index is 13.0. The van der Waals surface area contributed by atoms with Crippen LogP contribution in [0.2, 0.25) is 0 Å². The Morgan fingerprint density at radius 2 is 1.85 bits per heavy atom. The summed E-state index contributed by atoms with van der Waals surface area (Å²) in [5.41, 5.74) is -2.55. The zero-order chi connectivity index (χ0) is 20.2. The Kier molecular flexibility index (Phi) is 6.19. The quantitative estimate of drug-likeness (QED) is 0.551. The summed E-state index contributed by atoms with van der Waals surface area (Å²) in [5.74, 6) is -0.806. The Hall–Kier alpha value is -2.50. The maximum absolute atomic E-state index is 13.0. The zero-order valence-electron chi connectivity index (χ0n) is 14.6. The molecule has 8 heteroatoms. The first-order chi connectivity index (χ1) is 12.5. The summed E-state index contributed by atoms with van der Waals surface area (Å²) in [7, 11) is 0. The molecule has 0 aromatic heterocycles. The third-order valence-corrected chi connectivity index (χ3v) is 5.02. The lowest BCUT2D eigenvalue weighted by Gasteiger charge is -2.22. The average Bonchev–Trinajstić information content (AvgIpc) is 2.60. The molecule has 0 bridgehead atoms. The lowest BCUT2D eigenvalue weighted by molar-refractivity contribution is -0.137. The first-order valence-electron chi connectivity index (χ1n) is 7.85. The number of carbonyl (C=O) groups is 1. The van der Waals surface area contributed by atoms with Gasteiger partial charge in [-0.1, -0.05) is 23.8 Å². The molecule has 2 N–H and O–H groups in total. The Balaban J connectivity index is 2.11. The molecule has 0 saturated carbocycles. The molecule has 1 unspecified atom stereocenters. The average molecular weight is 394 g/mol. The van der Waals surface area contributed by atoms with Crippen molar-refractivity contribution in [3.8, 4) is 0 Å². The standard InChI is InChI=1S/C19H17F3N2O2S/c1-12-4-7-14(8-5-12)27-11-18(2,26)17(25)24-13-6-9-16(23-3)15(10-13)19(20,21)22/h4-10,26H,11H2,1-2H3,(H,24,25). The maximum Gasteiger partial charge on any atom is 0.407 e. The summed E-state index contributed by atoms with van der Waals surface area (Å²) in [4.78, 5) is 16.0. The van der Waals surface area contributed by atoms with Gasteiger partial charge in [-0.25, -0.2) is 4.85 Å². The van der Waals surface area contributed by atoms with Gasteiger partial charge in [-0.3, -0.25) is 4.79 Å². The van der Waals surface area contributed by atoms with Crippen LogP contribution in [-0.4, -0.2) is 22.4 Å². The molecule has 2 rings (SSSR count). The van der Waals surface area contributed by atoms with Crippen molar-refractivity contribution in [3.05, 3.63) is 65.0 Å². The van der Waals surface area contributed by atoms with Crippen molar-refractivity contribution in [2.24, 2.45) is 0 Å². The second-order valence-electron chi connectivity index (χ2n) is 6.17. The number of hydrogen-bond acceptors (Lipinski definition) is 3. The van der Waals surface area contributed by atoms with Crippen molar-refractivity contribution < 1.29 is 23.1 Å². The Morgan fingerprint density at radius 3 is 2.41 bits per heavy atom. The van der Waals surface area contributed by atoms with E-state index in [9.17, 15) is 23.1 Å². The first-order valence-corrected chi connectivity index (χ1v) is 8.83. The summed E-state index contributed by atoms with van der Waals surface area (Å²) in [6.45, 7) is 10.1. The lowest BCUT2D eigenvalue weighted by Crippen LogP contribution is -2.42. The number of aryl methyl sites for hydroxylation is 1. The number of alkyl halides is 3. The molecule has 0 spiro atoms. The molecular formula is C19H17F3N2O2S. The number of nitrogens with zero attached hydrogens (tertiary/aromatic N) is 1. The van der Waals surface area contributed by atoms with E-state index in [1.165, 1.54) is 24.8 Å². The zero-order valence-corrected chi connectivity index (χ0v) is 15.4. The van der Waals surface area contributed by atoms with E-state index in [0.717, 1.165) is 16.5 Å². The van der Waals surface area contributed by atoms with Crippen molar-refractivity contribution in [3.63, 3.8) is 0 Å². The van der Waals surface area contributed by atoms with Crippen molar-refractivity contribution in [2.75, 3.05) is 11.1 Å². The predicted octanol–water partition coefficient (Wildman–Crippen LogP) is 5.05. The van der Waals surface area contributed by atoms with Gasteiger partial charge in [-0.05, 0) is 38.1 Å². The highest BCUT2D eigenvalue weighted by Crippen LogP contribution is 2.38. The van der Waals surface area contributed by atoms with E-state index in [0.29, 0.717) is 6.07 Å². The van der Waals surface area contributed by atoms with Crippen LogP contribution in [0.3, 0.4) is 0 Å². The van der Waals surface area contributed by atoms with E-state index < -0.39 is 28.9 Å². The molecule has 0 aliphatic rings. The van der Waals surface area contributed by atoms with Crippen LogP contribution in [0.15, 0.2) is 47.4 Å². The molecule has 0 aliphatic heterocycles. The van der Waals surface area contributed by atoms with Gasteiger partial charge >= 0.3 is 6.18 Å². The van der Waals surface area contributed by atoms with Crippen LogP contribution in [0.1, 0.15) is 18.1 Å². The number of halogens is 3. The SMILES string of the molecule is [C-]#[N+]c1ccc(NC(=O)C(C)(O)CSc2ccc(C)cc2)cc1C(F)(F)F. The number of carbonyl (C=O) groups excluding carboxylic acids is 1. The summed E-state index contributed by atoms with van der Waals surface area (Å²) < 4.78 is 39.0. The van der Waals surface area contributed by atoms with Crippen LogP contribution in [-0.2, 0) is 11.0 Å². The van der Waals surface area contributed by atoms with Gasteiger partial charge in [0.2, 0.25) is 0 Å². The minimum Gasteiger partial charge on any atom is -0.379 e. The number of amides is 1. The van der Waals surface area contributed by atoms with Crippen LogP contribution < -0.4 is 5.32 Å². The molecule has 2 aromatic carbocycles. The Morgan fingerprint density at radius 1 is 1.22 bits per heavy atom. The second-order valence-corrected chi connectivity index (χ2v) is 7.22. The smallest absolute Gasteiger partial charge is 0.379 e. The van der Waals surface area contributed by atoms with E-state index in [1.54, 1.807) is 0 Å². The van der Waals surface area contributed by atoms with Gasteiger partial charge in [0.1, 0.15) is 5.60 Å². The molecule has 27 heavy (non-hydrogen) atoms. The molecule has 0 heterocycles. The highest BCUT2D eigenvalue weighted by Gasteiger charge is 2.35. The first kappa shape index (κ1) is 20.8. The van der Waals surface area contributed by atoms with Crippen molar-refractivity contribution in [1.82, 2.24) is 0 Å². The van der Waals surface area contributed by atoms with Gasteiger partial charge in [-0.15, -0.1) is 11.8 Å². The van der Waals surface area contributed by atoms with E-state index in [4.69, 9.17) is 6.57 Å². The fourth-order valence-corrected chi connectivity index (χ4v) is 3.04. The van der Waals surface area contributed by atoms with E-state index in [2.05, 4.69) is 10.2 Å². The van der Waals surface area contributed by atoms with Crippen LogP contribution in [0.25, 0.3) is 4.85 Å². The Bertz CT molecular complexity index is 872. The summed E-state index contributed by atoms with van der Waals surface area (Å²) >= 11 is 1.26. The lowest BCUT2D eigenvalue weighted by atomic mass is 10.1. The molecule has 0 radical (unpaired) electrons. The largest absolute Gasteiger partial charge is 0.407 e. The van der Waals surface area contributed by atoms with Crippen LogP contribution in [0.5, 0.6) is 0 Å². The fraction of sp³-hybridized carbons (Fsp3) is 0.263. The van der Waals surface area contributed by atoms with E-state index in [1.807, 2.05) is 31.2 Å². The van der Waals surface area contributed by atoms with Gasteiger partial charge in [0.05, 0.1) is 12.1 Å². The van der Waals surface area contributed by atoms with Crippen molar-refractivity contribution >= 4 is 29.0 Å². The number of hydrogen-bond donors (Lipinski definition) is 2. The number of nitrogens with one attached hydrogen (secondary N) is 1.